The van der Waals surface area contributed by atoms with Gasteiger partial charge in [0.15, 0.2) is 0 Å². The fraction of sp³-hybridized carbons (Fsp3) is 0.632. The van der Waals surface area contributed by atoms with Gasteiger partial charge in [-0.05, 0) is 76.3 Å². The van der Waals surface area contributed by atoms with Crippen molar-refractivity contribution in [3.63, 3.8) is 0 Å². The topological polar surface area (TPSA) is 195 Å². The second-order valence-electron chi connectivity index (χ2n) is 16.1. The Balaban J connectivity index is 1.36. The van der Waals surface area contributed by atoms with Gasteiger partial charge in [0.2, 0.25) is 27.4 Å². The number of nitrogens with zero attached hydrogens (tertiary/aromatic N) is 3. The normalized spacial score (nSPS) is 29.2. The lowest BCUT2D eigenvalue weighted by Gasteiger charge is -2.35. The smallest absolute Gasteiger partial charge is 0.427 e. The summed E-state index contributed by atoms with van der Waals surface area (Å²) in [5.41, 5.74) is -4.07. The number of nitrogens with one attached hydrogen (secondary N) is 3. The first-order chi connectivity index (χ1) is 26.8. The van der Waals surface area contributed by atoms with Gasteiger partial charge in [-0.25, -0.2) is 13.2 Å². The summed E-state index contributed by atoms with van der Waals surface area (Å²) in [6, 6.07) is 2.33. The van der Waals surface area contributed by atoms with E-state index in [4.69, 9.17) is 14.2 Å². The number of alkyl carbamates (subject to hydrolysis) is 1. The fourth-order valence-electron chi connectivity index (χ4n) is 7.58. The monoisotopic (exact) mass is 822 g/mol. The summed E-state index contributed by atoms with van der Waals surface area (Å²) in [4.78, 5) is 57.5. The van der Waals surface area contributed by atoms with Crippen molar-refractivity contribution in [2.45, 2.75) is 120 Å². The number of carbonyl (C=O) groups excluding carboxylic acids is 4. The van der Waals surface area contributed by atoms with Crippen LogP contribution in [-0.4, -0.2) is 102 Å². The second kappa shape index (κ2) is 15.9. The first-order valence-corrected chi connectivity index (χ1v) is 20.7. The number of methoxy groups -OCH3 is 1. The maximum Gasteiger partial charge on any atom is 0.427 e. The van der Waals surface area contributed by atoms with Crippen molar-refractivity contribution in [3.8, 4) is 11.5 Å². The number of rotatable bonds is 9. The largest absolute Gasteiger partial charge is 0.497 e. The first-order valence-electron chi connectivity index (χ1n) is 19.2. The highest BCUT2D eigenvalue weighted by Crippen LogP contribution is 2.46. The number of alkyl halides is 3. The van der Waals surface area contributed by atoms with Gasteiger partial charge < -0.3 is 29.7 Å². The third-order valence-corrected chi connectivity index (χ3v) is 13.2. The molecule has 2 aliphatic carbocycles. The highest BCUT2D eigenvalue weighted by atomic mass is 32.2. The zero-order valence-electron chi connectivity index (χ0n) is 32.4. The molecule has 1 aromatic carbocycles. The number of halogens is 3. The van der Waals surface area contributed by atoms with Crippen molar-refractivity contribution in [1.29, 1.82) is 0 Å². The van der Waals surface area contributed by atoms with Crippen LogP contribution in [0.25, 0.3) is 10.9 Å². The van der Waals surface area contributed by atoms with E-state index in [1.165, 1.54) is 18.2 Å². The number of amides is 4. The lowest BCUT2D eigenvalue weighted by Crippen LogP contribution is -2.59. The zero-order chi connectivity index (χ0) is 41.5. The van der Waals surface area contributed by atoms with E-state index in [1.807, 2.05) is 13.0 Å². The Morgan fingerprint density at radius 1 is 1.12 bits per heavy atom. The van der Waals surface area contributed by atoms with Crippen LogP contribution in [0.4, 0.5) is 18.0 Å². The Hall–Kier alpha value is -4.68. The van der Waals surface area contributed by atoms with E-state index >= 15 is 0 Å². The molecule has 4 amide bonds. The molecular weight excluding hydrogens is 774 g/mol. The summed E-state index contributed by atoms with van der Waals surface area (Å²) in [5.74, 6) is -2.78. The van der Waals surface area contributed by atoms with Crippen LogP contribution in [0.1, 0.15) is 79.1 Å². The molecular formula is C38H49F3N6O9S. The molecule has 0 spiro atoms. The number of allylic oxidation sites excluding steroid dienone is 1. The lowest BCUT2D eigenvalue weighted by atomic mass is 9.85. The third kappa shape index (κ3) is 9.07. The molecule has 6 rings (SSSR count). The minimum absolute atomic E-state index is 0.0308. The highest BCUT2D eigenvalue weighted by molar-refractivity contribution is 7.91. The predicted molar refractivity (Wildman–Crippen MR) is 199 cm³/mol. The van der Waals surface area contributed by atoms with E-state index < -0.39 is 86.4 Å². The Morgan fingerprint density at radius 2 is 1.86 bits per heavy atom. The molecule has 0 radical (unpaired) electrons. The number of carbonyl (C=O) groups is 4. The van der Waals surface area contributed by atoms with Gasteiger partial charge in [-0.15, -0.1) is 0 Å². The molecule has 1 saturated heterocycles. The quantitative estimate of drug-likeness (QED) is 0.305. The summed E-state index contributed by atoms with van der Waals surface area (Å²) in [7, 11) is -2.48. The molecule has 0 unspecified atom stereocenters. The number of benzene rings is 1. The van der Waals surface area contributed by atoms with Crippen molar-refractivity contribution in [1.82, 2.24) is 30.5 Å². The van der Waals surface area contributed by atoms with E-state index in [0.29, 0.717) is 69.0 Å². The average molecular weight is 823 g/mol. The Morgan fingerprint density at radius 3 is 2.53 bits per heavy atom. The molecule has 7 atom stereocenters. The van der Waals surface area contributed by atoms with Crippen molar-refractivity contribution >= 4 is 44.7 Å². The summed E-state index contributed by atoms with van der Waals surface area (Å²) >= 11 is 0. The molecule has 3 fully saturated rings. The van der Waals surface area contributed by atoms with E-state index in [9.17, 15) is 40.8 Å². The van der Waals surface area contributed by atoms with Gasteiger partial charge >= 0.3 is 12.3 Å². The van der Waals surface area contributed by atoms with Crippen LogP contribution in [0.3, 0.4) is 0 Å². The minimum atomic E-state index is -4.91. The molecule has 312 valence electrons. The van der Waals surface area contributed by atoms with Crippen LogP contribution in [-0.2, 0) is 29.1 Å². The molecule has 1 aromatic heterocycles. The van der Waals surface area contributed by atoms with Crippen LogP contribution < -0.4 is 24.8 Å². The molecule has 0 bridgehead atoms. The van der Waals surface area contributed by atoms with Gasteiger partial charge in [0.1, 0.15) is 40.7 Å². The molecule has 19 heteroatoms. The minimum Gasteiger partial charge on any atom is -0.497 e. The molecule has 2 aromatic rings. The zero-order valence-corrected chi connectivity index (χ0v) is 33.2. The van der Waals surface area contributed by atoms with Gasteiger partial charge in [0, 0.05) is 23.8 Å². The molecule has 57 heavy (non-hydrogen) atoms. The Bertz CT molecular complexity index is 2030. The van der Waals surface area contributed by atoms with Crippen LogP contribution in [0.2, 0.25) is 0 Å². The summed E-state index contributed by atoms with van der Waals surface area (Å²) < 4.78 is 85.7. The predicted octanol–water partition coefficient (Wildman–Crippen LogP) is 4.31. The average Bonchev–Trinajstić information content (AvgIpc) is 4.07. The van der Waals surface area contributed by atoms with Crippen LogP contribution in [0.15, 0.2) is 36.5 Å². The van der Waals surface area contributed by atoms with E-state index in [1.54, 1.807) is 31.2 Å². The van der Waals surface area contributed by atoms with E-state index in [2.05, 4.69) is 25.6 Å². The molecule has 3 heterocycles. The van der Waals surface area contributed by atoms with E-state index in [-0.39, 0.29) is 31.1 Å². The summed E-state index contributed by atoms with van der Waals surface area (Å²) in [5, 5.41) is 13.2. The number of ether oxygens (including phenoxy) is 3. The maximum absolute atomic E-state index is 14.8. The number of hydrogen-bond donors (Lipinski definition) is 3. The summed E-state index contributed by atoms with van der Waals surface area (Å²) in [6.07, 6.45) is 0.517. The highest BCUT2D eigenvalue weighted by Gasteiger charge is 2.62. The lowest BCUT2D eigenvalue weighted by molar-refractivity contribution is -0.244. The second-order valence-corrected chi connectivity index (χ2v) is 18.0. The molecule has 2 saturated carbocycles. The number of fused-ring (bicyclic) bond motifs is 3. The molecule has 3 N–H and O–H groups in total. The Kier molecular flexibility index (Phi) is 11.7. The maximum atomic E-state index is 14.8. The van der Waals surface area contributed by atoms with Crippen LogP contribution >= 0.6 is 0 Å². The van der Waals surface area contributed by atoms with Gasteiger partial charge in [-0.3, -0.25) is 19.1 Å². The van der Waals surface area contributed by atoms with Crippen molar-refractivity contribution in [2.75, 3.05) is 13.7 Å². The van der Waals surface area contributed by atoms with Gasteiger partial charge in [0.25, 0.3) is 5.91 Å². The van der Waals surface area contributed by atoms with Gasteiger partial charge in [-0.1, -0.05) is 32.4 Å². The van der Waals surface area contributed by atoms with Crippen LogP contribution in [0.5, 0.6) is 11.5 Å². The van der Waals surface area contributed by atoms with Crippen molar-refractivity contribution in [2.24, 2.45) is 17.8 Å². The van der Waals surface area contributed by atoms with Crippen molar-refractivity contribution < 1.29 is 55.0 Å². The Labute approximate surface area is 328 Å². The van der Waals surface area contributed by atoms with Gasteiger partial charge in [0.05, 0.1) is 25.1 Å². The summed E-state index contributed by atoms with van der Waals surface area (Å²) in [6.45, 7) is 4.93. The van der Waals surface area contributed by atoms with Crippen molar-refractivity contribution in [3.05, 3.63) is 36.5 Å². The molecule has 2 aliphatic heterocycles. The first kappa shape index (κ1) is 41.9. The van der Waals surface area contributed by atoms with Crippen LogP contribution in [0, 0.1) is 17.8 Å². The van der Waals surface area contributed by atoms with Gasteiger partial charge in [-0.2, -0.15) is 23.4 Å². The fourth-order valence-corrected chi connectivity index (χ4v) is 8.94. The third-order valence-electron chi connectivity index (χ3n) is 11.4. The number of sulfonamides is 1. The molecule has 15 nitrogen and oxygen atoms in total. The SMILES string of the molecule is CC[C@@H]1C[C@H](C)CC/C=C\[C@@H]2C[C@@]2(C(=O)NS(=O)(=O)C2CC2)NC(=O)[C@@H]2C[C@@H](Oc3cnnc4cc(OC)ccc34)CN2C(=O)[C@H]1NC(=O)OC(C)(C)C(F)(F)F. The number of hydrogen-bond acceptors (Lipinski definition) is 11. The molecule has 4 aliphatic rings. The standard InChI is InChI=1S/C38H49F3N6O9S/c1-6-22-15-21(2)9-7-8-10-23-18-37(23,34(50)46-57(52,53)26-12-13-26)44-32(48)29-17-25(55-30-19-42-45-28-16-24(54-5)11-14-27(28)30)20-47(29)33(49)31(22)43-35(51)56-36(3,4)38(39,40)41/h8,10-11,14,16,19,21-23,25-26,29,31H,6-7,9,12-13,15,17-18,20H2,1-5H3,(H,43,51)(H,44,48)(H,46,50)/b10-8-/t21-,22-,23-,25-,29+,31+,37-/m1/s1. The van der Waals surface area contributed by atoms with E-state index in [0.717, 1.165) is 0 Å². The number of aromatic nitrogens is 2.